The van der Waals surface area contributed by atoms with Crippen LogP contribution in [0.1, 0.15) is 32.5 Å². The number of carbonyl (C=O) groups excluding carboxylic acids is 2. The Kier molecular flexibility index (Phi) is 7.16. The van der Waals surface area contributed by atoms with Crippen LogP contribution in [0.5, 0.6) is 0 Å². The molecule has 0 fully saturated rings. The summed E-state index contributed by atoms with van der Waals surface area (Å²) in [4.78, 5) is 37.5. The number of benzene rings is 2. The van der Waals surface area contributed by atoms with Crippen molar-refractivity contribution in [2.45, 2.75) is 19.1 Å². The van der Waals surface area contributed by atoms with Crippen LogP contribution < -0.4 is 5.32 Å². The Morgan fingerprint density at radius 2 is 1.79 bits per heavy atom. The van der Waals surface area contributed by atoms with Gasteiger partial charge in [0.15, 0.2) is 0 Å². The Bertz CT molecular complexity index is 1190. The average molecular weight is 461 g/mol. The van der Waals surface area contributed by atoms with Gasteiger partial charge in [0.05, 0.1) is 12.7 Å². The SMILES string of the molecule is O=C(NCc1ccccc1)[C@@H](c1ccc(F)cc1)N(Cc1cccs1)C(=O)c1cnccn1. The first-order valence-corrected chi connectivity index (χ1v) is 11.2. The molecule has 1 atom stereocenters. The van der Waals surface area contributed by atoms with Gasteiger partial charge in [-0.3, -0.25) is 14.6 Å². The molecule has 33 heavy (non-hydrogen) atoms. The zero-order valence-electron chi connectivity index (χ0n) is 17.6. The van der Waals surface area contributed by atoms with E-state index in [-0.39, 0.29) is 18.1 Å². The van der Waals surface area contributed by atoms with E-state index in [1.807, 2.05) is 47.8 Å². The lowest BCUT2D eigenvalue weighted by Gasteiger charge is -2.31. The molecule has 0 aliphatic heterocycles. The second-order valence-electron chi connectivity index (χ2n) is 7.26. The van der Waals surface area contributed by atoms with Crippen LogP contribution in [0.25, 0.3) is 0 Å². The third-order valence-corrected chi connectivity index (χ3v) is 5.87. The van der Waals surface area contributed by atoms with Gasteiger partial charge < -0.3 is 10.2 Å². The van der Waals surface area contributed by atoms with Crippen molar-refractivity contribution in [2.24, 2.45) is 0 Å². The Morgan fingerprint density at radius 3 is 2.45 bits per heavy atom. The summed E-state index contributed by atoms with van der Waals surface area (Å²) in [6.45, 7) is 0.484. The number of hydrogen-bond acceptors (Lipinski definition) is 5. The molecule has 0 aliphatic carbocycles. The van der Waals surface area contributed by atoms with Crippen LogP contribution >= 0.6 is 11.3 Å². The number of hydrogen-bond donors (Lipinski definition) is 1. The van der Waals surface area contributed by atoms with Gasteiger partial charge in [0.25, 0.3) is 5.91 Å². The maximum absolute atomic E-state index is 13.7. The summed E-state index contributed by atoms with van der Waals surface area (Å²) in [6.07, 6.45) is 4.27. The molecule has 0 saturated heterocycles. The molecule has 0 unspecified atom stereocenters. The van der Waals surface area contributed by atoms with Crippen molar-refractivity contribution in [1.82, 2.24) is 20.2 Å². The Balaban J connectivity index is 1.70. The maximum Gasteiger partial charge on any atom is 0.275 e. The molecule has 0 aliphatic rings. The first-order valence-electron chi connectivity index (χ1n) is 10.3. The van der Waals surface area contributed by atoms with Gasteiger partial charge >= 0.3 is 0 Å². The molecule has 2 aromatic carbocycles. The van der Waals surface area contributed by atoms with E-state index in [0.29, 0.717) is 12.1 Å². The highest BCUT2D eigenvalue weighted by Crippen LogP contribution is 2.27. The van der Waals surface area contributed by atoms with Gasteiger partial charge in [0.1, 0.15) is 17.6 Å². The van der Waals surface area contributed by atoms with Gasteiger partial charge in [-0.05, 0) is 34.7 Å². The highest BCUT2D eigenvalue weighted by atomic mass is 32.1. The first kappa shape index (κ1) is 22.3. The number of rotatable bonds is 8. The van der Waals surface area contributed by atoms with Crippen LogP contribution in [0.15, 0.2) is 90.7 Å². The van der Waals surface area contributed by atoms with E-state index in [1.165, 1.54) is 59.1 Å². The molecular weight excluding hydrogens is 439 g/mol. The predicted octanol–water partition coefficient (Wildman–Crippen LogP) is 4.38. The summed E-state index contributed by atoms with van der Waals surface area (Å²) < 4.78 is 13.7. The third-order valence-electron chi connectivity index (χ3n) is 5.00. The highest BCUT2D eigenvalue weighted by Gasteiger charge is 2.33. The Labute approximate surface area is 194 Å². The second-order valence-corrected chi connectivity index (χ2v) is 8.29. The minimum Gasteiger partial charge on any atom is -0.350 e. The van der Waals surface area contributed by atoms with Crippen molar-refractivity contribution < 1.29 is 14.0 Å². The standard InChI is InChI=1S/C25H21FN4O2S/c26-20-10-8-19(9-11-20)23(24(31)29-15-18-5-2-1-3-6-18)30(17-21-7-4-14-33-21)25(32)22-16-27-12-13-28-22/h1-14,16,23H,15,17H2,(H,29,31)/t23-/m1/s1. The predicted molar refractivity (Wildman–Crippen MR) is 124 cm³/mol. The number of amides is 2. The molecule has 2 heterocycles. The van der Waals surface area contributed by atoms with Crippen LogP contribution in [-0.4, -0.2) is 26.7 Å². The molecule has 6 nitrogen and oxygen atoms in total. The van der Waals surface area contributed by atoms with E-state index in [4.69, 9.17) is 0 Å². The van der Waals surface area contributed by atoms with Gasteiger partial charge in [0.2, 0.25) is 5.91 Å². The van der Waals surface area contributed by atoms with E-state index in [1.54, 1.807) is 0 Å². The number of nitrogens with one attached hydrogen (secondary N) is 1. The normalized spacial score (nSPS) is 11.5. The number of thiophene rings is 1. The molecule has 0 radical (unpaired) electrons. The van der Waals surface area contributed by atoms with Gasteiger partial charge in [0, 0.05) is 23.8 Å². The van der Waals surface area contributed by atoms with Crippen LogP contribution in [0.2, 0.25) is 0 Å². The van der Waals surface area contributed by atoms with Crippen molar-refractivity contribution in [3.63, 3.8) is 0 Å². The number of aromatic nitrogens is 2. The molecule has 2 aromatic heterocycles. The van der Waals surface area contributed by atoms with Crippen molar-refractivity contribution in [1.29, 1.82) is 0 Å². The topological polar surface area (TPSA) is 75.2 Å². The van der Waals surface area contributed by atoms with Crippen molar-refractivity contribution >= 4 is 23.2 Å². The van der Waals surface area contributed by atoms with Gasteiger partial charge in [-0.15, -0.1) is 11.3 Å². The fourth-order valence-corrected chi connectivity index (χ4v) is 4.11. The van der Waals surface area contributed by atoms with E-state index >= 15 is 0 Å². The summed E-state index contributed by atoms with van der Waals surface area (Å²) in [7, 11) is 0. The summed E-state index contributed by atoms with van der Waals surface area (Å²) in [5.74, 6) is -1.24. The monoisotopic (exact) mass is 460 g/mol. The van der Waals surface area contributed by atoms with Crippen LogP contribution in [0, 0.1) is 5.82 Å². The number of nitrogens with zero attached hydrogens (tertiary/aromatic N) is 3. The molecule has 8 heteroatoms. The minimum absolute atomic E-state index is 0.122. The number of halogens is 1. The number of carbonyl (C=O) groups is 2. The zero-order chi connectivity index (χ0) is 23.0. The zero-order valence-corrected chi connectivity index (χ0v) is 18.4. The lowest BCUT2D eigenvalue weighted by molar-refractivity contribution is -0.126. The lowest BCUT2D eigenvalue weighted by atomic mass is 10.0. The van der Waals surface area contributed by atoms with Gasteiger partial charge in [-0.1, -0.05) is 48.5 Å². The molecule has 1 N–H and O–H groups in total. The van der Waals surface area contributed by atoms with Gasteiger partial charge in [-0.25, -0.2) is 9.37 Å². The quantitative estimate of drug-likeness (QED) is 0.424. The maximum atomic E-state index is 13.7. The molecule has 0 saturated carbocycles. The van der Waals surface area contributed by atoms with Crippen molar-refractivity contribution in [2.75, 3.05) is 0 Å². The molecule has 4 rings (SSSR count). The van der Waals surface area contributed by atoms with Crippen LogP contribution in [-0.2, 0) is 17.9 Å². The summed E-state index contributed by atoms with van der Waals surface area (Å²) >= 11 is 1.48. The summed E-state index contributed by atoms with van der Waals surface area (Å²) in [5, 5.41) is 4.82. The van der Waals surface area contributed by atoms with E-state index < -0.39 is 17.8 Å². The minimum atomic E-state index is -0.995. The highest BCUT2D eigenvalue weighted by molar-refractivity contribution is 7.09. The molecule has 2 amide bonds. The second kappa shape index (κ2) is 10.6. The first-order chi connectivity index (χ1) is 16.1. The fourth-order valence-electron chi connectivity index (χ4n) is 3.41. The summed E-state index contributed by atoms with van der Waals surface area (Å²) in [5.41, 5.74) is 1.54. The van der Waals surface area contributed by atoms with E-state index in [0.717, 1.165) is 10.4 Å². The van der Waals surface area contributed by atoms with Gasteiger partial charge in [-0.2, -0.15) is 0 Å². The Morgan fingerprint density at radius 1 is 1.00 bits per heavy atom. The van der Waals surface area contributed by atoms with Crippen molar-refractivity contribution in [3.05, 3.63) is 118 Å². The fraction of sp³-hybridized carbons (Fsp3) is 0.120. The van der Waals surface area contributed by atoms with E-state index in [2.05, 4.69) is 15.3 Å². The van der Waals surface area contributed by atoms with Crippen LogP contribution in [0.3, 0.4) is 0 Å². The van der Waals surface area contributed by atoms with Crippen LogP contribution in [0.4, 0.5) is 4.39 Å². The summed E-state index contributed by atoms with van der Waals surface area (Å²) in [6, 6.07) is 17.9. The molecule has 0 bridgehead atoms. The largest absolute Gasteiger partial charge is 0.350 e. The molecule has 0 spiro atoms. The van der Waals surface area contributed by atoms with E-state index in [9.17, 15) is 14.0 Å². The smallest absolute Gasteiger partial charge is 0.275 e. The Hall–Kier alpha value is -3.91. The van der Waals surface area contributed by atoms with Crippen molar-refractivity contribution in [3.8, 4) is 0 Å². The third kappa shape index (κ3) is 5.67. The average Bonchev–Trinajstić information content (AvgIpc) is 3.37. The lowest BCUT2D eigenvalue weighted by Crippen LogP contribution is -2.43. The molecule has 166 valence electrons. The molecular formula is C25H21FN4O2S. The molecule has 4 aromatic rings.